The molecule has 0 aliphatic heterocycles. The summed E-state index contributed by atoms with van der Waals surface area (Å²) in [6.45, 7) is 0. The Kier molecular flexibility index (Phi) is 4.80. The van der Waals surface area contributed by atoms with E-state index in [2.05, 4.69) is 33.7 Å². The lowest BCUT2D eigenvalue weighted by molar-refractivity contribution is -0.135. The molecule has 0 heterocycles. The molecular formula is C21H18O4. The summed E-state index contributed by atoms with van der Waals surface area (Å²) in [7, 11) is 2.72. The van der Waals surface area contributed by atoms with Crippen LogP contribution in [0.5, 0.6) is 0 Å². The van der Waals surface area contributed by atoms with Crippen LogP contribution in [0.25, 0.3) is 23.3 Å². The van der Waals surface area contributed by atoms with E-state index in [1.165, 1.54) is 48.6 Å². The van der Waals surface area contributed by atoms with Crippen molar-refractivity contribution in [3.05, 3.63) is 70.8 Å². The summed E-state index contributed by atoms with van der Waals surface area (Å²) in [5, 5.41) is 0. The first kappa shape index (κ1) is 16.7. The molecule has 1 aliphatic rings. The maximum atomic E-state index is 11.2. The summed E-state index contributed by atoms with van der Waals surface area (Å²) in [4.78, 5) is 22.4. The summed E-state index contributed by atoms with van der Waals surface area (Å²) in [6, 6.07) is 12.3. The van der Waals surface area contributed by atoms with Crippen molar-refractivity contribution in [3.63, 3.8) is 0 Å². The van der Waals surface area contributed by atoms with Gasteiger partial charge >= 0.3 is 11.9 Å². The van der Waals surface area contributed by atoms with Crippen LogP contribution in [0.1, 0.15) is 22.3 Å². The predicted molar refractivity (Wildman–Crippen MR) is 96.8 cm³/mol. The minimum atomic E-state index is -0.370. The normalized spacial score (nSPS) is 12.2. The number of esters is 2. The lowest BCUT2D eigenvalue weighted by Gasteiger charge is -2.03. The molecule has 0 saturated carbocycles. The highest BCUT2D eigenvalue weighted by Gasteiger charge is 2.18. The highest BCUT2D eigenvalue weighted by atomic mass is 16.5. The van der Waals surface area contributed by atoms with Crippen molar-refractivity contribution in [1.82, 2.24) is 0 Å². The first-order valence-electron chi connectivity index (χ1n) is 7.89. The van der Waals surface area contributed by atoms with Crippen LogP contribution in [-0.2, 0) is 25.5 Å². The fourth-order valence-electron chi connectivity index (χ4n) is 2.92. The highest BCUT2D eigenvalue weighted by molar-refractivity contribution is 5.88. The number of carbonyl (C=O) groups excluding carboxylic acids is 2. The van der Waals surface area contributed by atoms with Gasteiger partial charge in [-0.25, -0.2) is 9.59 Å². The minimum Gasteiger partial charge on any atom is -0.466 e. The number of methoxy groups -OCH3 is 2. The molecule has 1 aliphatic carbocycles. The molecule has 0 aromatic heterocycles. The fraction of sp³-hybridized carbons (Fsp3) is 0.143. The summed E-state index contributed by atoms with van der Waals surface area (Å²) in [5.41, 5.74) is 6.76. The molecule has 0 bridgehead atoms. The van der Waals surface area contributed by atoms with Crippen LogP contribution in [0.2, 0.25) is 0 Å². The molecular weight excluding hydrogens is 316 g/mol. The Morgan fingerprint density at radius 3 is 1.64 bits per heavy atom. The fourth-order valence-corrected chi connectivity index (χ4v) is 2.92. The van der Waals surface area contributed by atoms with Gasteiger partial charge in [0.25, 0.3) is 0 Å². The Balaban J connectivity index is 1.84. The summed E-state index contributed by atoms with van der Waals surface area (Å²) in [5.74, 6) is -0.739. The van der Waals surface area contributed by atoms with Crippen molar-refractivity contribution in [2.75, 3.05) is 14.2 Å². The zero-order chi connectivity index (χ0) is 17.8. The van der Waals surface area contributed by atoms with Gasteiger partial charge in [0.2, 0.25) is 0 Å². The van der Waals surface area contributed by atoms with Gasteiger partial charge in [-0.3, -0.25) is 0 Å². The third kappa shape index (κ3) is 3.69. The van der Waals surface area contributed by atoms with E-state index in [0.29, 0.717) is 0 Å². The average Bonchev–Trinajstić information content (AvgIpc) is 3.00. The lowest BCUT2D eigenvalue weighted by atomic mass is 10.0. The van der Waals surface area contributed by atoms with E-state index in [1.807, 2.05) is 12.1 Å². The number of carbonyl (C=O) groups is 2. The van der Waals surface area contributed by atoms with Crippen LogP contribution in [0.15, 0.2) is 48.6 Å². The number of fused-ring (bicyclic) bond motifs is 3. The first-order chi connectivity index (χ1) is 12.1. The molecule has 3 rings (SSSR count). The molecule has 0 fully saturated rings. The molecule has 0 amide bonds. The van der Waals surface area contributed by atoms with Crippen molar-refractivity contribution >= 4 is 24.1 Å². The number of ether oxygens (including phenoxy) is 2. The Hall–Kier alpha value is -3.14. The number of hydrogen-bond donors (Lipinski definition) is 0. The second-order valence-electron chi connectivity index (χ2n) is 5.72. The molecule has 2 aromatic carbocycles. The smallest absolute Gasteiger partial charge is 0.330 e. The van der Waals surface area contributed by atoms with Crippen LogP contribution >= 0.6 is 0 Å². The molecule has 126 valence electrons. The molecule has 25 heavy (non-hydrogen) atoms. The number of hydrogen-bond acceptors (Lipinski definition) is 4. The van der Waals surface area contributed by atoms with Gasteiger partial charge in [-0.05, 0) is 52.0 Å². The molecule has 4 heteroatoms. The molecule has 0 spiro atoms. The Morgan fingerprint density at radius 1 is 0.800 bits per heavy atom. The molecule has 0 unspecified atom stereocenters. The molecule has 0 saturated heterocycles. The van der Waals surface area contributed by atoms with Gasteiger partial charge in [0.15, 0.2) is 0 Å². The van der Waals surface area contributed by atoms with Gasteiger partial charge < -0.3 is 9.47 Å². The van der Waals surface area contributed by atoms with Crippen molar-refractivity contribution < 1.29 is 19.1 Å². The average molecular weight is 334 g/mol. The largest absolute Gasteiger partial charge is 0.466 e. The standard InChI is InChI=1S/C21H18O4/c1-24-20(22)9-5-14-3-7-18-16(11-14)13-17-12-15(4-8-19(17)18)6-10-21(23)25-2/h3-12H,13H2,1-2H3. The first-order valence-corrected chi connectivity index (χ1v) is 7.89. The van der Waals surface area contributed by atoms with Crippen molar-refractivity contribution in [1.29, 1.82) is 0 Å². The van der Waals surface area contributed by atoms with E-state index in [0.717, 1.165) is 17.5 Å². The molecule has 2 aromatic rings. The predicted octanol–water partition coefficient (Wildman–Crippen LogP) is 3.63. The Labute approximate surface area is 146 Å². The van der Waals surface area contributed by atoms with Crippen molar-refractivity contribution in [2.24, 2.45) is 0 Å². The quantitative estimate of drug-likeness (QED) is 0.540. The molecule has 4 nitrogen and oxygen atoms in total. The van der Waals surface area contributed by atoms with Crippen LogP contribution in [0, 0.1) is 0 Å². The number of rotatable bonds is 4. The van der Waals surface area contributed by atoms with Crippen LogP contribution in [-0.4, -0.2) is 26.2 Å². The Bertz CT molecular complexity index is 817. The third-order valence-corrected chi connectivity index (χ3v) is 4.16. The minimum absolute atomic E-state index is 0.370. The van der Waals surface area contributed by atoms with E-state index < -0.39 is 0 Å². The molecule has 0 radical (unpaired) electrons. The second-order valence-corrected chi connectivity index (χ2v) is 5.72. The van der Waals surface area contributed by atoms with E-state index in [-0.39, 0.29) is 11.9 Å². The Morgan fingerprint density at radius 2 is 1.24 bits per heavy atom. The molecule has 0 N–H and O–H groups in total. The summed E-state index contributed by atoms with van der Waals surface area (Å²) >= 11 is 0. The van der Waals surface area contributed by atoms with Crippen LogP contribution in [0.3, 0.4) is 0 Å². The summed E-state index contributed by atoms with van der Waals surface area (Å²) in [6.07, 6.45) is 7.16. The van der Waals surface area contributed by atoms with Crippen molar-refractivity contribution in [3.8, 4) is 11.1 Å². The lowest BCUT2D eigenvalue weighted by Crippen LogP contribution is -1.93. The topological polar surface area (TPSA) is 52.6 Å². The van der Waals surface area contributed by atoms with Crippen LogP contribution < -0.4 is 0 Å². The zero-order valence-electron chi connectivity index (χ0n) is 14.1. The highest BCUT2D eigenvalue weighted by Crippen LogP contribution is 2.37. The SMILES string of the molecule is COC(=O)C=Cc1ccc2c(c1)Cc1cc(C=CC(=O)OC)ccc1-2. The number of benzene rings is 2. The van der Waals surface area contributed by atoms with Gasteiger partial charge in [-0.2, -0.15) is 0 Å². The van der Waals surface area contributed by atoms with Gasteiger partial charge in [-0.1, -0.05) is 36.4 Å². The van der Waals surface area contributed by atoms with Crippen molar-refractivity contribution in [2.45, 2.75) is 6.42 Å². The van der Waals surface area contributed by atoms with E-state index in [1.54, 1.807) is 12.2 Å². The van der Waals surface area contributed by atoms with Gasteiger partial charge in [0.05, 0.1) is 14.2 Å². The van der Waals surface area contributed by atoms with Gasteiger partial charge in [0.1, 0.15) is 0 Å². The van der Waals surface area contributed by atoms with Crippen LogP contribution in [0.4, 0.5) is 0 Å². The van der Waals surface area contributed by atoms with Gasteiger partial charge in [-0.15, -0.1) is 0 Å². The third-order valence-electron chi connectivity index (χ3n) is 4.16. The maximum Gasteiger partial charge on any atom is 0.330 e. The summed E-state index contributed by atoms with van der Waals surface area (Å²) < 4.78 is 9.22. The molecule has 0 atom stereocenters. The second kappa shape index (κ2) is 7.18. The zero-order valence-corrected chi connectivity index (χ0v) is 14.1. The van der Waals surface area contributed by atoms with Gasteiger partial charge in [0, 0.05) is 12.2 Å². The van der Waals surface area contributed by atoms with E-state index in [9.17, 15) is 9.59 Å². The monoisotopic (exact) mass is 334 g/mol. The maximum absolute atomic E-state index is 11.2. The van der Waals surface area contributed by atoms with E-state index >= 15 is 0 Å². The van der Waals surface area contributed by atoms with E-state index in [4.69, 9.17) is 0 Å².